The van der Waals surface area contributed by atoms with Crippen LogP contribution in [0.15, 0.2) is 0 Å². The zero-order valence-corrected chi connectivity index (χ0v) is 17.8. The summed E-state index contributed by atoms with van der Waals surface area (Å²) in [6, 6.07) is -3.37. The van der Waals surface area contributed by atoms with Crippen LogP contribution in [0.25, 0.3) is 0 Å². The van der Waals surface area contributed by atoms with Crippen LogP contribution in [0.5, 0.6) is 0 Å². The molecule has 0 unspecified atom stereocenters. The van der Waals surface area contributed by atoms with E-state index in [1.165, 1.54) is 0 Å². The molecular formula is C18H36N4O10. The highest BCUT2D eigenvalue weighted by Gasteiger charge is 2.50. The van der Waals surface area contributed by atoms with Crippen molar-refractivity contribution in [2.45, 2.75) is 92.0 Å². The van der Waals surface area contributed by atoms with Gasteiger partial charge in [0.25, 0.3) is 0 Å². The van der Waals surface area contributed by atoms with Crippen molar-refractivity contribution in [1.29, 1.82) is 0 Å². The van der Waals surface area contributed by atoms with Gasteiger partial charge in [-0.05, 0) is 13.5 Å². The van der Waals surface area contributed by atoms with Crippen LogP contribution in [0.4, 0.5) is 0 Å². The molecule has 2 aliphatic heterocycles. The minimum Gasteiger partial charge on any atom is -0.394 e. The average Bonchev–Trinajstić information content (AvgIpc) is 2.75. The third kappa shape index (κ3) is 5.08. The lowest BCUT2D eigenvalue weighted by Gasteiger charge is -2.47. The van der Waals surface area contributed by atoms with E-state index in [-0.39, 0.29) is 13.0 Å². The van der Waals surface area contributed by atoms with Crippen LogP contribution in [-0.2, 0) is 18.9 Å². The summed E-state index contributed by atoms with van der Waals surface area (Å²) in [5, 5.41) is 63.6. The maximum atomic E-state index is 10.9. The van der Waals surface area contributed by atoms with E-state index < -0.39 is 92.2 Å². The molecule has 188 valence electrons. The van der Waals surface area contributed by atoms with Crippen molar-refractivity contribution < 1.29 is 49.6 Å². The monoisotopic (exact) mass is 468 g/mol. The van der Waals surface area contributed by atoms with E-state index in [1.807, 2.05) is 0 Å². The zero-order valence-electron chi connectivity index (χ0n) is 17.8. The molecule has 2 heterocycles. The topological polar surface area (TPSA) is 248 Å². The fourth-order valence-corrected chi connectivity index (χ4v) is 4.45. The lowest BCUT2D eigenvalue weighted by atomic mass is 9.84. The molecule has 0 spiro atoms. The molecule has 3 aliphatic rings. The molecule has 14 nitrogen and oxygen atoms in total. The van der Waals surface area contributed by atoms with Crippen LogP contribution >= 0.6 is 0 Å². The van der Waals surface area contributed by atoms with Crippen molar-refractivity contribution in [2.24, 2.45) is 17.2 Å². The molecule has 0 aromatic heterocycles. The molecule has 0 radical (unpaired) electrons. The third-order valence-corrected chi connectivity index (χ3v) is 6.40. The van der Waals surface area contributed by atoms with Crippen LogP contribution in [-0.4, -0.2) is 136 Å². The van der Waals surface area contributed by atoms with Crippen molar-refractivity contribution in [3.63, 3.8) is 0 Å². The summed E-state index contributed by atoms with van der Waals surface area (Å²) in [4.78, 5) is 0. The van der Waals surface area contributed by atoms with E-state index in [9.17, 15) is 30.6 Å². The number of nitrogens with one attached hydrogen (secondary N) is 1. The van der Waals surface area contributed by atoms with Crippen LogP contribution in [0.1, 0.15) is 6.42 Å². The Hall–Kier alpha value is -0.560. The molecule has 1 saturated carbocycles. The first-order valence-electron chi connectivity index (χ1n) is 10.6. The first kappa shape index (κ1) is 26.1. The first-order chi connectivity index (χ1) is 15.1. The third-order valence-electron chi connectivity index (χ3n) is 6.40. The van der Waals surface area contributed by atoms with Gasteiger partial charge >= 0.3 is 0 Å². The van der Waals surface area contributed by atoms with Gasteiger partial charge in [-0.3, -0.25) is 0 Å². The fraction of sp³-hybridized carbons (Fsp3) is 1.00. The summed E-state index contributed by atoms with van der Waals surface area (Å²) >= 11 is 0. The summed E-state index contributed by atoms with van der Waals surface area (Å²) in [7, 11) is 1.57. The van der Waals surface area contributed by atoms with Gasteiger partial charge in [-0.15, -0.1) is 0 Å². The molecule has 1 aliphatic carbocycles. The number of aliphatic hydroxyl groups is 6. The van der Waals surface area contributed by atoms with Crippen LogP contribution < -0.4 is 22.5 Å². The van der Waals surface area contributed by atoms with Gasteiger partial charge in [0, 0.05) is 12.1 Å². The summed E-state index contributed by atoms with van der Waals surface area (Å²) in [5.74, 6) is 0. The molecule has 0 bridgehead atoms. The molecule has 0 amide bonds. The van der Waals surface area contributed by atoms with E-state index in [4.69, 9.17) is 36.1 Å². The predicted octanol–water partition coefficient (Wildman–Crippen LogP) is -6.39. The summed E-state index contributed by atoms with van der Waals surface area (Å²) in [6.45, 7) is -0.686. The van der Waals surface area contributed by atoms with E-state index in [1.54, 1.807) is 7.05 Å². The Kier molecular flexibility index (Phi) is 8.79. The Morgan fingerprint density at radius 3 is 2.03 bits per heavy atom. The Morgan fingerprint density at radius 2 is 1.47 bits per heavy atom. The summed E-state index contributed by atoms with van der Waals surface area (Å²) in [5.41, 5.74) is 18.2. The second kappa shape index (κ2) is 10.8. The van der Waals surface area contributed by atoms with Crippen molar-refractivity contribution in [3.8, 4) is 0 Å². The van der Waals surface area contributed by atoms with Crippen molar-refractivity contribution in [1.82, 2.24) is 5.32 Å². The molecule has 3 rings (SSSR count). The molecular weight excluding hydrogens is 432 g/mol. The normalized spacial score (nSPS) is 52.7. The van der Waals surface area contributed by atoms with E-state index in [0.29, 0.717) is 0 Å². The maximum Gasteiger partial charge on any atom is 0.185 e. The van der Waals surface area contributed by atoms with Gasteiger partial charge in [0.05, 0.1) is 31.4 Å². The molecule has 14 atom stereocenters. The number of ether oxygens (including phenoxy) is 4. The quantitative estimate of drug-likeness (QED) is 0.174. The van der Waals surface area contributed by atoms with E-state index in [2.05, 4.69) is 5.32 Å². The van der Waals surface area contributed by atoms with Crippen LogP contribution in [0, 0.1) is 0 Å². The van der Waals surface area contributed by atoms with Crippen LogP contribution in [0.3, 0.4) is 0 Å². The number of hydrogen-bond donors (Lipinski definition) is 10. The molecule has 0 aromatic rings. The predicted molar refractivity (Wildman–Crippen MR) is 107 cm³/mol. The van der Waals surface area contributed by atoms with Crippen molar-refractivity contribution in [3.05, 3.63) is 0 Å². The standard InChI is InChI=1S/C18H36N4O10/c1-22-10-7(24)4-29-18(13(10)27)32-16-6(20)2-5(19)15(14(16)28)31-17-9(21)12(26)11(25)8(3-23)30-17/h5-18,22-28H,2-4,19-21H2,1H3/t5-,6+,7-,8+,9+,10-,11+,12+,13+,14-,15+,16-,17+,18+/m0/s1. The average molecular weight is 469 g/mol. The molecule has 32 heavy (non-hydrogen) atoms. The zero-order chi connectivity index (χ0) is 23.7. The van der Waals surface area contributed by atoms with Crippen molar-refractivity contribution >= 4 is 0 Å². The second-order valence-corrected chi connectivity index (χ2v) is 8.61. The number of nitrogens with two attached hydrogens (primary N) is 3. The van der Waals surface area contributed by atoms with Gasteiger partial charge in [0.2, 0.25) is 0 Å². The van der Waals surface area contributed by atoms with Gasteiger partial charge < -0.3 is 72.1 Å². The van der Waals surface area contributed by atoms with Gasteiger partial charge in [-0.25, -0.2) is 0 Å². The number of rotatable bonds is 6. The number of aliphatic hydroxyl groups excluding tert-OH is 6. The van der Waals surface area contributed by atoms with Gasteiger partial charge in [-0.2, -0.15) is 0 Å². The Balaban J connectivity index is 1.70. The molecule has 3 fully saturated rings. The molecule has 13 N–H and O–H groups in total. The number of hydrogen-bond acceptors (Lipinski definition) is 14. The summed E-state index contributed by atoms with van der Waals surface area (Å²) in [6.07, 6.45) is -12.0. The van der Waals surface area contributed by atoms with Gasteiger partial charge in [0.1, 0.15) is 42.7 Å². The lowest BCUT2D eigenvalue weighted by Crippen LogP contribution is -2.68. The largest absolute Gasteiger partial charge is 0.394 e. The van der Waals surface area contributed by atoms with E-state index >= 15 is 0 Å². The number of likely N-dealkylation sites (N-methyl/N-ethyl adjacent to an activating group) is 1. The lowest BCUT2D eigenvalue weighted by molar-refractivity contribution is -0.311. The highest BCUT2D eigenvalue weighted by Crippen LogP contribution is 2.30. The van der Waals surface area contributed by atoms with Crippen LogP contribution in [0.2, 0.25) is 0 Å². The molecule has 0 aromatic carbocycles. The Labute approximate surface area is 185 Å². The maximum absolute atomic E-state index is 10.9. The second-order valence-electron chi connectivity index (χ2n) is 8.61. The highest BCUT2D eigenvalue weighted by atomic mass is 16.7. The SMILES string of the molecule is CN[C@@H]1[C@@H](O)[C@@H](O[C@@H]2[C@@H](O)[C@H](O[C@H]3O[C@H](CO)[C@@H](O)[C@H](O)[C@H]3N)[C@@H](N)C[C@H]2N)OC[C@@H]1O. The fourth-order valence-electron chi connectivity index (χ4n) is 4.45. The molecule has 2 saturated heterocycles. The van der Waals surface area contributed by atoms with E-state index in [0.717, 1.165) is 0 Å². The first-order valence-corrected chi connectivity index (χ1v) is 10.6. The molecule has 14 heteroatoms. The smallest absolute Gasteiger partial charge is 0.185 e. The van der Waals surface area contributed by atoms with Gasteiger partial charge in [0.15, 0.2) is 12.6 Å². The minimum absolute atomic E-state index is 0.0989. The minimum atomic E-state index is -1.44. The Morgan fingerprint density at radius 1 is 0.875 bits per heavy atom. The van der Waals surface area contributed by atoms with Crippen molar-refractivity contribution in [2.75, 3.05) is 20.3 Å². The van der Waals surface area contributed by atoms with Gasteiger partial charge in [-0.1, -0.05) is 0 Å². The Bertz CT molecular complexity index is 606. The highest BCUT2D eigenvalue weighted by molar-refractivity contribution is 5.01. The summed E-state index contributed by atoms with van der Waals surface area (Å²) < 4.78 is 22.4.